The van der Waals surface area contributed by atoms with E-state index in [9.17, 15) is 0 Å². The van der Waals surface area contributed by atoms with Crippen LogP contribution in [0.3, 0.4) is 0 Å². The Kier molecular flexibility index (Phi) is 4.29. The largest absolute Gasteiger partial charge is 0.326 e. The fourth-order valence-electron chi connectivity index (χ4n) is 2.18. The van der Waals surface area contributed by atoms with Gasteiger partial charge < -0.3 is 9.88 Å². The van der Waals surface area contributed by atoms with Crippen molar-refractivity contribution in [2.75, 3.05) is 0 Å². The molecule has 0 bridgehead atoms. The van der Waals surface area contributed by atoms with Crippen LogP contribution in [-0.4, -0.2) is 15.1 Å². The van der Waals surface area contributed by atoms with Gasteiger partial charge in [0.15, 0.2) is 0 Å². The van der Waals surface area contributed by atoms with E-state index in [0.29, 0.717) is 6.04 Å². The van der Waals surface area contributed by atoms with Crippen LogP contribution in [-0.2, 0) is 6.54 Å². The van der Waals surface area contributed by atoms with E-state index in [1.165, 1.54) is 16.8 Å². The van der Waals surface area contributed by atoms with Crippen LogP contribution in [0.15, 0.2) is 36.8 Å². The molecule has 0 aliphatic rings. The lowest BCUT2D eigenvalue weighted by Crippen LogP contribution is -2.35. The molecule has 108 valence electrons. The fraction of sp³-hybridized carbons (Fsp3) is 0.471. The number of hydrogen-bond acceptors (Lipinski definition) is 2. The van der Waals surface area contributed by atoms with Crippen LogP contribution in [0.25, 0.3) is 0 Å². The Balaban J connectivity index is 2.16. The van der Waals surface area contributed by atoms with Gasteiger partial charge in [0.1, 0.15) is 0 Å². The van der Waals surface area contributed by atoms with Crippen molar-refractivity contribution >= 4 is 0 Å². The third kappa shape index (κ3) is 3.70. The Hall–Kier alpha value is -1.61. The number of aryl methyl sites for hydroxylation is 1. The molecule has 0 radical (unpaired) electrons. The maximum Gasteiger partial charge on any atom is 0.0954 e. The minimum atomic E-state index is 0.113. The second kappa shape index (κ2) is 5.80. The molecule has 0 aliphatic heterocycles. The Morgan fingerprint density at radius 1 is 1.20 bits per heavy atom. The summed E-state index contributed by atoms with van der Waals surface area (Å²) in [6, 6.07) is 9.02. The molecule has 1 N–H and O–H groups in total. The van der Waals surface area contributed by atoms with Crippen LogP contribution >= 0.6 is 0 Å². The molecule has 0 saturated heterocycles. The first-order valence-electron chi connectivity index (χ1n) is 7.19. The van der Waals surface area contributed by atoms with Gasteiger partial charge in [0, 0.05) is 18.3 Å². The van der Waals surface area contributed by atoms with Crippen molar-refractivity contribution in [2.45, 2.75) is 52.7 Å². The number of imidazole rings is 1. The van der Waals surface area contributed by atoms with Crippen molar-refractivity contribution in [3.63, 3.8) is 0 Å². The van der Waals surface area contributed by atoms with Crippen LogP contribution in [0.1, 0.15) is 50.6 Å². The highest BCUT2D eigenvalue weighted by Crippen LogP contribution is 2.20. The molecule has 0 amide bonds. The molecule has 20 heavy (non-hydrogen) atoms. The standard InChI is InChI=1S/C17H25N3/c1-13-6-8-15(9-7-13)14(2)20-12-18-10-16(20)11-19-17(3,4)5/h6-10,12,14,19H,11H2,1-5H3. The summed E-state index contributed by atoms with van der Waals surface area (Å²) in [5.74, 6) is 0. The van der Waals surface area contributed by atoms with E-state index >= 15 is 0 Å². The lowest BCUT2D eigenvalue weighted by atomic mass is 10.1. The monoisotopic (exact) mass is 271 g/mol. The van der Waals surface area contributed by atoms with Crippen molar-refractivity contribution in [1.29, 1.82) is 0 Å². The van der Waals surface area contributed by atoms with Gasteiger partial charge in [-0.25, -0.2) is 4.98 Å². The van der Waals surface area contributed by atoms with E-state index in [2.05, 4.69) is 73.8 Å². The molecule has 0 spiro atoms. The highest BCUT2D eigenvalue weighted by molar-refractivity contribution is 5.25. The fourth-order valence-corrected chi connectivity index (χ4v) is 2.18. The summed E-state index contributed by atoms with van der Waals surface area (Å²) < 4.78 is 2.24. The Morgan fingerprint density at radius 2 is 1.85 bits per heavy atom. The van der Waals surface area contributed by atoms with E-state index in [-0.39, 0.29) is 5.54 Å². The predicted octanol–water partition coefficient (Wildman–Crippen LogP) is 3.69. The summed E-state index contributed by atoms with van der Waals surface area (Å²) in [6.07, 6.45) is 3.87. The topological polar surface area (TPSA) is 29.9 Å². The maximum absolute atomic E-state index is 4.31. The minimum Gasteiger partial charge on any atom is -0.326 e. The third-order valence-corrected chi connectivity index (χ3v) is 3.52. The average molecular weight is 271 g/mol. The summed E-state index contributed by atoms with van der Waals surface area (Å²) in [5.41, 5.74) is 3.93. The molecule has 1 unspecified atom stereocenters. The molecule has 1 aromatic heterocycles. The van der Waals surface area contributed by atoms with Gasteiger partial charge in [-0.05, 0) is 40.2 Å². The first-order chi connectivity index (χ1) is 9.37. The Morgan fingerprint density at radius 3 is 2.45 bits per heavy atom. The van der Waals surface area contributed by atoms with Crippen molar-refractivity contribution in [3.05, 3.63) is 53.6 Å². The van der Waals surface area contributed by atoms with Gasteiger partial charge in [-0.1, -0.05) is 29.8 Å². The number of rotatable bonds is 4. The van der Waals surface area contributed by atoms with Gasteiger partial charge >= 0.3 is 0 Å². The van der Waals surface area contributed by atoms with Gasteiger partial charge in [-0.3, -0.25) is 0 Å². The smallest absolute Gasteiger partial charge is 0.0954 e. The first kappa shape index (κ1) is 14.8. The zero-order valence-electron chi connectivity index (χ0n) is 13.1. The maximum atomic E-state index is 4.31. The van der Waals surface area contributed by atoms with E-state index in [1.807, 2.05) is 12.5 Å². The summed E-state index contributed by atoms with van der Waals surface area (Å²) in [6.45, 7) is 11.7. The van der Waals surface area contributed by atoms with Crippen LogP contribution in [0, 0.1) is 6.92 Å². The first-order valence-corrected chi connectivity index (χ1v) is 7.19. The Labute approximate surface area is 122 Å². The molecule has 1 heterocycles. The SMILES string of the molecule is Cc1ccc(C(C)n2cncc2CNC(C)(C)C)cc1. The van der Waals surface area contributed by atoms with E-state index in [4.69, 9.17) is 0 Å². The lowest BCUT2D eigenvalue weighted by Gasteiger charge is -2.23. The summed E-state index contributed by atoms with van der Waals surface area (Å²) in [7, 11) is 0. The van der Waals surface area contributed by atoms with Crippen molar-refractivity contribution in [2.24, 2.45) is 0 Å². The van der Waals surface area contributed by atoms with E-state index in [0.717, 1.165) is 6.54 Å². The van der Waals surface area contributed by atoms with Crippen molar-refractivity contribution < 1.29 is 0 Å². The van der Waals surface area contributed by atoms with Crippen LogP contribution in [0.5, 0.6) is 0 Å². The van der Waals surface area contributed by atoms with Gasteiger partial charge in [0.05, 0.1) is 18.1 Å². The highest BCUT2D eigenvalue weighted by Gasteiger charge is 2.14. The third-order valence-electron chi connectivity index (χ3n) is 3.52. The van der Waals surface area contributed by atoms with Gasteiger partial charge in [0.25, 0.3) is 0 Å². The quantitative estimate of drug-likeness (QED) is 0.919. The molecule has 3 nitrogen and oxygen atoms in total. The normalized spacial score (nSPS) is 13.4. The second-order valence-corrected chi connectivity index (χ2v) is 6.48. The van der Waals surface area contributed by atoms with Gasteiger partial charge in [-0.15, -0.1) is 0 Å². The van der Waals surface area contributed by atoms with Gasteiger partial charge in [0.2, 0.25) is 0 Å². The van der Waals surface area contributed by atoms with Crippen LogP contribution in [0.2, 0.25) is 0 Å². The second-order valence-electron chi connectivity index (χ2n) is 6.48. The molecule has 0 aliphatic carbocycles. The number of hydrogen-bond donors (Lipinski definition) is 1. The summed E-state index contributed by atoms with van der Waals surface area (Å²) in [4.78, 5) is 4.31. The van der Waals surface area contributed by atoms with Crippen LogP contribution < -0.4 is 5.32 Å². The predicted molar refractivity (Wildman–Crippen MR) is 83.8 cm³/mol. The molecule has 0 fully saturated rings. The molecule has 2 rings (SSSR count). The summed E-state index contributed by atoms with van der Waals surface area (Å²) >= 11 is 0. The zero-order chi connectivity index (χ0) is 14.8. The molecule has 3 heteroatoms. The van der Waals surface area contributed by atoms with Crippen molar-refractivity contribution in [1.82, 2.24) is 14.9 Å². The lowest BCUT2D eigenvalue weighted by molar-refractivity contribution is 0.413. The molecule has 0 saturated carbocycles. The average Bonchev–Trinajstić information content (AvgIpc) is 2.84. The van der Waals surface area contributed by atoms with Crippen LogP contribution in [0.4, 0.5) is 0 Å². The number of benzene rings is 1. The molecular weight excluding hydrogens is 246 g/mol. The number of nitrogens with one attached hydrogen (secondary N) is 1. The minimum absolute atomic E-state index is 0.113. The molecular formula is C17H25N3. The summed E-state index contributed by atoms with van der Waals surface area (Å²) in [5, 5.41) is 3.52. The highest BCUT2D eigenvalue weighted by atomic mass is 15.1. The number of aromatic nitrogens is 2. The molecule has 1 aromatic carbocycles. The zero-order valence-corrected chi connectivity index (χ0v) is 13.1. The van der Waals surface area contributed by atoms with E-state index in [1.54, 1.807) is 0 Å². The molecule has 2 aromatic rings. The van der Waals surface area contributed by atoms with Crippen molar-refractivity contribution in [3.8, 4) is 0 Å². The number of nitrogens with zero attached hydrogens (tertiary/aromatic N) is 2. The Bertz CT molecular complexity index is 546. The molecule has 1 atom stereocenters. The van der Waals surface area contributed by atoms with Gasteiger partial charge in [-0.2, -0.15) is 0 Å². The van der Waals surface area contributed by atoms with E-state index < -0.39 is 0 Å².